The molecule has 19 heavy (non-hydrogen) atoms. The van der Waals surface area contributed by atoms with Crippen molar-refractivity contribution in [1.82, 2.24) is 4.90 Å². The molecule has 5 heteroatoms. The summed E-state index contributed by atoms with van der Waals surface area (Å²) in [5.74, 6) is -0.810. The maximum absolute atomic E-state index is 11.7. The fourth-order valence-corrected chi connectivity index (χ4v) is 2.64. The normalized spacial score (nSPS) is 23.8. The van der Waals surface area contributed by atoms with E-state index in [0.717, 1.165) is 12.2 Å². The van der Waals surface area contributed by atoms with Crippen LogP contribution in [0.15, 0.2) is 24.3 Å². The minimum absolute atomic E-state index is 0.349. The number of hydrogen-bond acceptors (Lipinski definition) is 3. The van der Waals surface area contributed by atoms with Gasteiger partial charge in [-0.15, -0.1) is 0 Å². The molecule has 1 aromatic carbocycles. The van der Waals surface area contributed by atoms with E-state index in [2.05, 4.69) is 24.1 Å². The van der Waals surface area contributed by atoms with Crippen molar-refractivity contribution < 1.29 is 9.90 Å². The molecule has 1 aromatic rings. The lowest BCUT2D eigenvalue weighted by Gasteiger charge is -2.28. The molecule has 0 aliphatic carbocycles. The van der Waals surface area contributed by atoms with E-state index in [1.54, 1.807) is 12.1 Å². The van der Waals surface area contributed by atoms with Gasteiger partial charge in [-0.1, -0.05) is 17.7 Å². The Morgan fingerprint density at radius 1 is 1.53 bits per heavy atom. The average Bonchev–Trinajstić information content (AvgIpc) is 2.75. The quantitative estimate of drug-likeness (QED) is 0.891. The molecule has 0 radical (unpaired) electrons. The molecule has 1 unspecified atom stereocenters. The largest absolute Gasteiger partial charge is 0.479 e. The van der Waals surface area contributed by atoms with Crippen LogP contribution in [0.3, 0.4) is 0 Å². The highest BCUT2D eigenvalue weighted by molar-refractivity contribution is 6.30. The van der Waals surface area contributed by atoms with Crippen molar-refractivity contribution in [3.63, 3.8) is 0 Å². The summed E-state index contributed by atoms with van der Waals surface area (Å²) >= 11 is 5.94. The van der Waals surface area contributed by atoms with Gasteiger partial charge in [-0.05, 0) is 38.5 Å². The van der Waals surface area contributed by atoms with Gasteiger partial charge in [0.1, 0.15) is 5.54 Å². The summed E-state index contributed by atoms with van der Waals surface area (Å²) in [6.07, 6.45) is 0.590. The molecule has 1 heterocycles. The maximum atomic E-state index is 11.7. The lowest BCUT2D eigenvalue weighted by atomic mass is 9.98. The van der Waals surface area contributed by atoms with Gasteiger partial charge in [-0.25, -0.2) is 4.79 Å². The first kappa shape index (κ1) is 14.2. The van der Waals surface area contributed by atoms with Crippen molar-refractivity contribution in [3.05, 3.63) is 29.3 Å². The van der Waals surface area contributed by atoms with Gasteiger partial charge in [-0.3, -0.25) is 4.90 Å². The van der Waals surface area contributed by atoms with Crippen LogP contribution in [0.5, 0.6) is 0 Å². The standard InChI is InChI=1S/C14H19ClN2O2/c1-10(2)17-7-6-14(9-17,13(18)19)16-12-5-3-4-11(15)8-12/h3-5,8,10,16H,6-7,9H2,1-2H3,(H,18,19). The van der Waals surface area contributed by atoms with E-state index in [1.807, 2.05) is 12.1 Å². The number of benzene rings is 1. The fraction of sp³-hybridized carbons (Fsp3) is 0.500. The second kappa shape index (κ2) is 5.39. The topological polar surface area (TPSA) is 52.6 Å². The van der Waals surface area contributed by atoms with Crippen LogP contribution in [0.4, 0.5) is 5.69 Å². The predicted molar refractivity (Wildman–Crippen MR) is 76.8 cm³/mol. The predicted octanol–water partition coefficient (Wildman–Crippen LogP) is 2.69. The molecule has 1 fully saturated rings. The highest BCUT2D eigenvalue weighted by Crippen LogP contribution is 2.28. The Bertz CT molecular complexity index is 478. The smallest absolute Gasteiger partial charge is 0.330 e. The van der Waals surface area contributed by atoms with Crippen LogP contribution in [0.2, 0.25) is 5.02 Å². The number of aliphatic carboxylic acids is 1. The van der Waals surface area contributed by atoms with Gasteiger partial charge < -0.3 is 10.4 Å². The second-order valence-corrected chi connectivity index (χ2v) is 5.77. The van der Waals surface area contributed by atoms with Crippen LogP contribution in [0, 0.1) is 0 Å². The number of anilines is 1. The molecule has 1 saturated heterocycles. The highest BCUT2D eigenvalue weighted by Gasteiger charge is 2.45. The molecule has 0 spiro atoms. The van der Waals surface area contributed by atoms with Crippen molar-refractivity contribution in [2.45, 2.75) is 31.8 Å². The molecule has 0 bridgehead atoms. The molecule has 2 N–H and O–H groups in total. The Balaban J connectivity index is 2.20. The van der Waals surface area contributed by atoms with Crippen LogP contribution in [-0.2, 0) is 4.79 Å². The summed E-state index contributed by atoms with van der Waals surface area (Å²) in [6.45, 7) is 5.46. The summed E-state index contributed by atoms with van der Waals surface area (Å²) in [5, 5.41) is 13.3. The number of likely N-dealkylation sites (tertiary alicyclic amines) is 1. The molecule has 2 rings (SSSR count). The molecule has 4 nitrogen and oxygen atoms in total. The van der Waals surface area contributed by atoms with E-state index >= 15 is 0 Å². The number of nitrogens with one attached hydrogen (secondary N) is 1. The Hall–Kier alpha value is -1.26. The minimum Gasteiger partial charge on any atom is -0.479 e. The SMILES string of the molecule is CC(C)N1CCC(Nc2cccc(Cl)c2)(C(=O)O)C1. The summed E-state index contributed by atoms with van der Waals surface area (Å²) < 4.78 is 0. The fourth-order valence-electron chi connectivity index (χ4n) is 2.45. The Labute approximate surface area is 118 Å². The molecule has 1 aliphatic rings. The van der Waals surface area contributed by atoms with Gasteiger partial charge in [0.25, 0.3) is 0 Å². The van der Waals surface area contributed by atoms with Crippen LogP contribution in [0.1, 0.15) is 20.3 Å². The first-order chi connectivity index (χ1) is 8.93. The molecule has 0 aromatic heterocycles. The van der Waals surface area contributed by atoms with Gasteiger partial charge in [0, 0.05) is 29.8 Å². The van der Waals surface area contributed by atoms with Gasteiger partial charge >= 0.3 is 5.97 Å². The third-order valence-corrected chi connectivity index (χ3v) is 3.88. The molecule has 1 aliphatic heterocycles. The number of carboxylic acids is 1. The molecular weight excluding hydrogens is 264 g/mol. The van der Waals surface area contributed by atoms with E-state index in [1.165, 1.54) is 0 Å². The van der Waals surface area contributed by atoms with E-state index < -0.39 is 11.5 Å². The molecule has 1 atom stereocenters. The van der Waals surface area contributed by atoms with Crippen molar-refractivity contribution in [3.8, 4) is 0 Å². The summed E-state index contributed by atoms with van der Waals surface area (Å²) in [6, 6.07) is 7.53. The molecule has 104 valence electrons. The van der Waals surface area contributed by atoms with E-state index in [9.17, 15) is 9.90 Å². The number of nitrogens with zero attached hydrogens (tertiary/aromatic N) is 1. The van der Waals surface area contributed by atoms with Crippen LogP contribution in [-0.4, -0.2) is 40.6 Å². The van der Waals surface area contributed by atoms with Crippen molar-refractivity contribution >= 4 is 23.3 Å². The summed E-state index contributed by atoms with van der Waals surface area (Å²) in [7, 11) is 0. The number of rotatable bonds is 4. The summed E-state index contributed by atoms with van der Waals surface area (Å²) in [5.41, 5.74) is -0.171. The number of carbonyl (C=O) groups is 1. The monoisotopic (exact) mass is 282 g/mol. The van der Waals surface area contributed by atoms with E-state index in [-0.39, 0.29) is 0 Å². The van der Waals surface area contributed by atoms with Gasteiger partial charge in [0.15, 0.2) is 0 Å². The highest BCUT2D eigenvalue weighted by atomic mass is 35.5. The van der Waals surface area contributed by atoms with E-state index in [4.69, 9.17) is 11.6 Å². The van der Waals surface area contributed by atoms with Gasteiger partial charge in [0.05, 0.1) is 0 Å². The lowest BCUT2D eigenvalue weighted by molar-refractivity contribution is -0.141. The zero-order valence-electron chi connectivity index (χ0n) is 11.2. The third kappa shape index (κ3) is 3.01. The van der Waals surface area contributed by atoms with Crippen molar-refractivity contribution in [1.29, 1.82) is 0 Å². The lowest BCUT2D eigenvalue weighted by Crippen LogP contribution is -2.49. The van der Waals surface area contributed by atoms with E-state index in [0.29, 0.717) is 24.0 Å². The first-order valence-electron chi connectivity index (χ1n) is 6.44. The second-order valence-electron chi connectivity index (χ2n) is 5.34. The zero-order valence-corrected chi connectivity index (χ0v) is 11.9. The van der Waals surface area contributed by atoms with Crippen molar-refractivity contribution in [2.24, 2.45) is 0 Å². The molecule has 0 saturated carbocycles. The van der Waals surface area contributed by atoms with Gasteiger partial charge in [0.2, 0.25) is 0 Å². The molecule has 0 amide bonds. The van der Waals surface area contributed by atoms with Gasteiger partial charge in [-0.2, -0.15) is 0 Å². The number of hydrogen-bond donors (Lipinski definition) is 2. The Morgan fingerprint density at radius 3 is 2.79 bits per heavy atom. The Morgan fingerprint density at radius 2 is 2.26 bits per heavy atom. The summed E-state index contributed by atoms with van der Waals surface area (Å²) in [4.78, 5) is 13.8. The maximum Gasteiger partial charge on any atom is 0.330 e. The van der Waals surface area contributed by atoms with Crippen LogP contribution < -0.4 is 5.32 Å². The Kier molecular flexibility index (Phi) is 4.02. The number of halogens is 1. The minimum atomic E-state index is -0.922. The zero-order chi connectivity index (χ0) is 14.0. The number of carboxylic acid groups (broad SMARTS) is 1. The van der Waals surface area contributed by atoms with Crippen LogP contribution >= 0.6 is 11.6 Å². The average molecular weight is 283 g/mol. The molecular formula is C14H19ClN2O2. The third-order valence-electron chi connectivity index (χ3n) is 3.65. The van der Waals surface area contributed by atoms with Crippen molar-refractivity contribution in [2.75, 3.05) is 18.4 Å². The first-order valence-corrected chi connectivity index (χ1v) is 6.82. The van der Waals surface area contributed by atoms with Crippen LogP contribution in [0.25, 0.3) is 0 Å².